The molecule has 0 saturated carbocycles. The molecule has 3 aromatic heterocycles. The number of rotatable bonds is 4. The maximum atomic E-state index is 11.3. The minimum atomic E-state index is 0.154. The molecule has 11 aromatic rings. The van der Waals surface area contributed by atoms with Crippen LogP contribution in [0.3, 0.4) is 0 Å². The van der Waals surface area contributed by atoms with E-state index in [4.69, 9.17) is 0 Å². The van der Waals surface area contributed by atoms with Crippen molar-refractivity contribution in [1.82, 2.24) is 13.7 Å². The lowest BCUT2D eigenvalue weighted by molar-refractivity contribution is 1.15. The van der Waals surface area contributed by atoms with Crippen molar-refractivity contribution >= 4 is 65.4 Å². The Hall–Kier alpha value is -8.37. The molecule has 0 spiro atoms. The van der Waals surface area contributed by atoms with Crippen molar-refractivity contribution in [3.05, 3.63) is 187 Å². The molecule has 0 atom stereocenters. The van der Waals surface area contributed by atoms with Gasteiger partial charge in [-0.05, 0) is 60.7 Å². The van der Waals surface area contributed by atoms with E-state index in [1.807, 2.05) is 83.4 Å². The summed E-state index contributed by atoms with van der Waals surface area (Å²) in [6.07, 6.45) is 0. The molecule has 262 valence electrons. The van der Waals surface area contributed by atoms with Gasteiger partial charge in [-0.25, -0.2) is 0 Å². The zero-order valence-corrected chi connectivity index (χ0v) is 30.3. The van der Waals surface area contributed by atoms with Gasteiger partial charge in [0.15, 0.2) is 0 Å². The first-order valence-corrected chi connectivity index (χ1v) is 18.7. The van der Waals surface area contributed by atoms with Crippen LogP contribution in [0.4, 0.5) is 0 Å². The second-order valence-electron chi connectivity index (χ2n) is 14.2. The number of hydrogen-bond acceptors (Lipinski definition) is 3. The van der Waals surface area contributed by atoms with Crippen molar-refractivity contribution in [2.24, 2.45) is 0 Å². The standard InChI is InChI=1S/C51H28N6/c52-29-32-26-39(36-18-6-12-24-47(36)56-45-22-10-4-16-34(45)35-17-5-11-23-46(35)56)43(31-54)51(42(32)30-53)57-48-25-13-8-20-38(48)41-27-49-40(28-50(41)57)37-19-7-9-21-44(37)55(49)33-14-2-1-3-15-33/h1-28H. The second-order valence-corrected chi connectivity index (χ2v) is 14.2. The van der Waals surface area contributed by atoms with Crippen LogP contribution in [0, 0.1) is 34.0 Å². The molecule has 0 bridgehead atoms. The van der Waals surface area contributed by atoms with Crippen molar-refractivity contribution in [2.45, 2.75) is 0 Å². The van der Waals surface area contributed by atoms with E-state index in [-0.39, 0.29) is 11.1 Å². The Labute approximate surface area is 326 Å². The molecule has 0 radical (unpaired) electrons. The highest BCUT2D eigenvalue weighted by molar-refractivity contribution is 6.19. The van der Waals surface area contributed by atoms with E-state index in [9.17, 15) is 15.8 Å². The molecule has 3 heterocycles. The van der Waals surface area contributed by atoms with Crippen LogP contribution < -0.4 is 0 Å². The Balaban J connectivity index is 1.27. The molecule has 6 nitrogen and oxygen atoms in total. The second kappa shape index (κ2) is 12.3. The van der Waals surface area contributed by atoms with Crippen LogP contribution in [0.2, 0.25) is 0 Å². The molecule has 0 N–H and O–H groups in total. The summed E-state index contributed by atoms with van der Waals surface area (Å²) in [4.78, 5) is 0. The van der Waals surface area contributed by atoms with Crippen LogP contribution >= 0.6 is 0 Å². The average molecular weight is 725 g/mol. The van der Waals surface area contributed by atoms with E-state index < -0.39 is 0 Å². The summed E-state index contributed by atoms with van der Waals surface area (Å²) < 4.78 is 6.55. The molecule has 0 fully saturated rings. The summed E-state index contributed by atoms with van der Waals surface area (Å²) in [7, 11) is 0. The van der Waals surface area contributed by atoms with Gasteiger partial charge in [0.2, 0.25) is 0 Å². The summed E-state index contributed by atoms with van der Waals surface area (Å²) in [6.45, 7) is 0. The van der Waals surface area contributed by atoms with Gasteiger partial charge < -0.3 is 13.7 Å². The predicted molar refractivity (Wildman–Crippen MR) is 229 cm³/mol. The molecule has 0 amide bonds. The lowest BCUT2D eigenvalue weighted by Gasteiger charge is -2.19. The van der Waals surface area contributed by atoms with Gasteiger partial charge in [-0.2, -0.15) is 15.8 Å². The Morgan fingerprint density at radius 1 is 0.333 bits per heavy atom. The largest absolute Gasteiger partial charge is 0.309 e. The maximum absolute atomic E-state index is 11.3. The van der Waals surface area contributed by atoms with Crippen LogP contribution in [0.5, 0.6) is 0 Å². The summed E-state index contributed by atoms with van der Waals surface area (Å²) in [5.74, 6) is 0. The van der Waals surface area contributed by atoms with Gasteiger partial charge in [0, 0.05) is 49.1 Å². The van der Waals surface area contributed by atoms with Crippen LogP contribution in [-0.2, 0) is 0 Å². The fraction of sp³-hybridized carbons (Fsp3) is 0. The minimum Gasteiger partial charge on any atom is -0.309 e. The first kappa shape index (κ1) is 32.1. The topological polar surface area (TPSA) is 86.2 Å². The van der Waals surface area contributed by atoms with E-state index in [2.05, 4.69) is 112 Å². The Morgan fingerprint density at radius 3 is 1.35 bits per heavy atom. The Morgan fingerprint density at radius 2 is 0.789 bits per heavy atom. The normalized spacial score (nSPS) is 11.5. The molecule has 8 aromatic carbocycles. The molecule has 0 aliphatic rings. The van der Waals surface area contributed by atoms with E-state index in [0.29, 0.717) is 16.8 Å². The molecule has 0 aliphatic carbocycles. The lowest BCUT2D eigenvalue weighted by Crippen LogP contribution is -2.07. The molecular formula is C51H28N6. The van der Waals surface area contributed by atoms with Crippen LogP contribution in [0.25, 0.3) is 93.6 Å². The zero-order chi connectivity index (χ0) is 38.2. The van der Waals surface area contributed by atoms with Gasteiger partial charge in [-0.15, -0.1) is 0 Å². The smallest absolute Gasteiger partial charge is 0.103 e. The summed E-state index contributed by atoms with van der Waals surface area (Å²) in [5, 5.41) is 39.3. The zero-order valence-electron chi connectivity index (χ0n) is 30.3. The van der Waals surface area contributed by atoms with Crippen molar-refractivity contribution in [3.63, 3.8) is 0 Å². The lowest BCUT2D eigenvalue weighted by atomic mass is 9.91. The third kappa shape index (κ3) is 4.49. The van der Waals surface area contributed by atoms with Crippen molar-refractivity contribution in [2.75, 3.05) is 0 Å². The van der Waals surface area contributed by atoms with E-state index in [1.165, 1.54) is 0 Å². The van der Waals surface area contributed by atoms with Gasteiger partial charge in [0.05, 0.1) is 61.2 Å². The molecule has 0 unspecified atom stereocenters. The summed E-state index contributed by atoms with van der Waals surface area (Å²) in [5.41, 5.74) is 10.2. The Bertz CT molecular complexity index is 3560. The van der Waals surface area contributed by atoms with E-state index >= 15 is 0 Å². The minimum absolute atomic E-state index is 0.154. The highest BCUT2D eigenvalue weighted by Crippen LogP contribution is 2.44. The Kier molecular flexibility index (Phi) is 6.95. The van der Waals surface area contributed by atoms with Gasteiger partial charge in [-0.3, -0.25) is 0 Å². The summed E-state index contributed by atoms with van der Waals surface area (Å²) in [6, 6.07) is 64.8. The quantitative estimate of drug-likeness (QED) is 0.181. The van der Waals surface area contributed by atoms with Crippen LogP contribution in [-0.4, -0.2) is 13.7 Å². The highest BCUT2D eigenvalue weighted by atomic mass is 15.0. The molecule has 11 rings (SSSR count). The van der Waals surface area contributed by atoms with Crippen LogP contribution in [0.1, 0.15) is 16.7 Å². The molecule has 0 saturated heterocycles. The average Bonchev–Trinajstić information content (AvgIpc) is 3.90. The van der Waals surface area contributed by atoms with Gasteiger partial charge in [0.1, 0.15) is 18.2 Å². The highest BCUT2D eigenvalue weighted by Gasteiger charge is 2.27. The number of aromatic nitrogens is 3. The van der Waals surface area contributed by atoms with Gasteiger partial charge in [-0.1, -0.05) is 109 Å². The number of hydrogen-bond donors (Lipinski definition) is 0. The number of fused-ring (bicyclic) bond motifs is 9. The maximum Gasteiger partial charge on any atom is 0.103 e. The van der Waals surface area contributed by atoms with Crippen molar-refractivity contribution in [3.8, 4) is 46.4 Å². The van der Waals surface area contributed by atoms with Gasteiger partial charge >= 0.3 is 0 Å². The monoisotopic (exact) mass is 724 g/mol. The predicted octanol–water partition coefficient (Wildman–Crippen LogP) is 12.3. The molecule has 57 heavy (non-hydrogen) atoms. The third-order valence-corrected chi connectivity index (χ3v) is 11.4. The van der Waals surface area contributed by atoms with E-state index in [0.717, 1.165) is 82.4 Å². The van der Waals surface area contributed by atoms with E-state index in [1.54, 1.807) is 6.07 Å². The summed E-state index contributed by atoms with van der Waals surface area (Å²) >= 11 is 0. The third-order valence-electron chi connectivity index (χ3n) is 11.4. The number of benzene rings is 8. The molecule has 0 aliphatic heterocycles. The van der Waals surface area contributed by atoms with Crippen molar-refractivity contribution in [1.29, 1.82) is 15.8 Å². The van der Waals surface area contributed by atoms with Crippen LogP contribution in [0.15, 0.2) is 170 Å². The number of nitrogens with zero attached hydrogens (tertiary/aromatic N) is 6. The number of para-hydroxylation sites is 6. The first-order chi connectivity index (χ1) is 28.2. The number of nitriles is 3. The fourth-order valence-corrected chi connectivity index (χ4v) is 9.02. The SMILES string of the molecule is N#Cc1cc(-c2ccccc2-n2c3ccccc3c3ccccc32)c(C#N)c(-n2c3ccccc3c3cc4c(cc32)c2ccccc2n4-c2ccccc2)c1C#N. The first-order valence-electron chi connectivity index (χ1n) is 18.7. The molecular weight excluding hydrogens is 697 g/mol. The fourth-order valence-electron chi connectivity index (χ4n) is 9.02. The molecule has 6 heteroatoms. The van der Waals surface area contributed by atoms with Crippen molar-refractivity contribution < 1.29 is 0 Å². The van der Waals surface area contributed by atoms with Gasteiger partial charge in [0.25, 0.3) is 0 Å².